The van der Waals surface area contributed by atoms with Crippen LogP contribution in [0.1, 0.15) is 13.8 Å². The van der Waals surface area contributed by atoms with Gasteiger partial charge in [0, 0.05) is 31.5 Å². The van der Waals surface area contributed by atoms with Crippen molar-refractivity contribution in [1.82, 2.24) is 4.90 Å². The van der Waals surface area contributed by atoms with Gasteiger partial charge in [0.1, 0.15) is 6.54 Å². The molecule has 1 aromatic rings. The van der Waals surface area contributed by atoms with Gasteiger partial charge in [-0.25, -0.2) is 4.79 Å². The minimum absolute atomic E-state index is 0.330. The number of anilines is 2. The van der Waals surface area contributed by atoms with Crippen molar-refractivity contribution in [2.75, 3.05) is 36.9 Å². The van der Waals surface area contributed by atoms with Gasteiger partial charge in [-0.2, -0.15) is 0 Å². The molecule has 110 valence electrons. The summed E-state index contributed by atoms with van der Waals surface area (Å²) in [5.41, 5.74) is 1.73. The third-order valence-corrected chi connectivity index (χ3v) is 2.97. The second-order valence-electron chi connectivity index (χ2n) is 4.40. The molecule has 0 bridgehead atoms. The lowest BCUT2D eigenvalue weighted by Crippen LogP contribution is -2.35. The Morgan fingerprint density at radius 3 is 2.15 bits per heavy atom. The zero-order valence-corrected chi connectivity index (χ0v) is 12.1. The number of likely N-dealkylation sites (N-methyl/N-ethyl adjacent to an activating group) is 1. The first-order valence-electron chi connectivity index (χ1n) is 6.56. The van der Waals surface area contributed by atoms with Gasteiger partial charge in [-0.3, -0.25) is 4.79 Å². The highest BCUT2D eigenvalue weighted by molar-refractivity contribution is 5.91. The van der Waals surface area contributed by atoms with Crippen molar-refractivity contribution >= 4 is 23.4 Å². The van der Waals surface area contributed by atoms with Gasteiger partial charge >= 0.3 is 12.0 Å². The quantitative estimate of drug-likeness (QED) is 0.836. The molecule has 0 atom stereocenters. The molecule has 0 saturated heterocycles. The molecule has 1 rings (SSSR count). The monoisotopic (exact) mass is 279 g/mol. The fourth-order valence-electron chi connectivity index (χ4n) is 1.84. The molecule has 6 heteroatoms. The van der Waals surface area contributed by atoms with Crippen LogP contribution in [0.15, 0.2) is 24.3 Å². The molecule has 0 saturated carbocycles. The molecular weight excluding hydrogens is 258 g/mol. The van der Waals surface area contributed by atoms with E-state index in [1.54, 1.807) is 12.1 Å². The summed E-state index contributed by atoms with van der Waals surface area (Å²) in [6.07, 6.45) is 0. The van der Waals surface area contributed by atoms with Crippen molar-refractivity contribution < 1.29 is 14.7 Å². The Balaban J connectivity index is 2.65. The van der Waals surface area contributed by atoms with E-state index < -0.39 is 12.0 Å². The number of carbonyl (C=O) groups is 2. The van der Waals surface area contributed by atoms with Gasteiger partial charge in [-0.1, -0.05) is 0 Å². The van der Waals surface area contributed by atoms with E-state index in [-0.39, 0.29) is 6.54 Å². The number of carboxylic acid groups (broad SMARTS) is 1. The number of rotatable bonds is 6. The molecule has 0 aliphatic carbocycles. The van der Waals surface area contributed by atoms with Crippen LogP contribution in [0, 0.1) is 0 Å². The Bertz CT molecular complexity index is 455. The fourth-order valence-corrected chi connectivity index (χ4v) is 1.84. The Hall–Kier alpha value is -2.24. The molecule has 0 aromatic heterocycles. The summed E-state index contributed by atoms with van der Waals surface area (Å²) in [6, 6.07) is 7.03. The standard InChI is InChI=1S/C14H21N3O3/c1-4-17(5-2)12-8-6-11(7-9-12)15-14(20)16(3)10-13(18)19/h6-9H,4-5,10H2,1-3H3,(H,15,20)(H,18,19). The SMILES string of the molecule is CCN(CC)c1ccc(NC(=O)N(C)CC(=O)O)cc1. The smallest absolute Gasteiger partial charge is 0.323 e. The van der Waals surface area contributed by atoms with Gasteiger partial charge < -0.3 is 20.2 Å². The Labute approximate surface area is 119 Å². The highest BCUT2D eigenvalue weighted by Crippen LogP contribution is 2.17. The zero-order chi connectivity index (χ0) is 15.1. The van der Waals surface area contributed by atoms with Gasteiger partial charge in [0.05, 0.1) is 0 Å². The first-order valence-corrected chi connectivity index (χ1v) is 6.56. The average molecular weight is 279 g/mol. The van der Waals surface area contributed by atoms with Crippen LogP contribution < -0.4 is 10.2 Å². The van der Waals surface area contributed by atoms with Gasteiger partial charge in [0.2, 0.25) is 0 Å². The Morgan fingerprint density at radius 1 is 1.15 bits per heavy atom. The molecule has 20 heavy (non-hydrogen) atoms. The fraction of sp³-hybridized carbons (Fsp3) is 0.429. The molecule has 2 amide bonds. The number of amides is 2. The molecule has 1 aromatic carbocycles. The minimum atomic E-state index is -1.04. The van der Waals surface area contributed by atoms with Crippen molar-refractivity contribution in [3.63, 3.8) is 0 Å². The van der Waals surface area contributed by atoms with E-state index >= 15 is 0 Å². The van der Waals surface area contributed by atoms with E-state index in [0.29, 0.717) is 5.69 Å². The second-order valence-corrected chi connectivity index (χ2v) is 4.40. The maximum atomic E-state index is 11.7. The molecule has 0 aliphatic heterocycles. The largest absolute Gasteiger partial charge is 0.480 e. The highest BCUT2D eigenvalue weighted by Gasteiger charge is 2.12. The van der Waals surface area contributed by atoms with Crippen LogP contribution in [0.5, 0.6) is 0 Å². The van der Waals surface area contributed by atoms with E-state index in [2.05, 4.69) is 24.1 Å². The van der Waals surface area contributed by atoms with Gasteiger partial charge in [0.25, 0.3) is 0 Å². The maximum absolute atomic E-state index is 11.7. The third-order valence-electron chi connectivity index (χ3n) is 2.97. The van der Waals surface area contributed by atoms with Crippen molar-refractivity contribution in [2.24, 2.45) is 0 Å². The van der Waals surface area contributed by atoms with Crippen LogP contribution in [0.4, 0.5) is 16.2 Å². The summed E-state index contributed by atoms with van der Waals surface area (Å²) in [5.74, 6) is -1.04. The molecule has 6 nitrogen and oxygen atoms in total. The summed E-state index contributed by atoms with van der Waals surface area (Å²) < 4.78 is 0. The molecule has 2 N–H and O–H groups in total. The molecule has 0 fully saturated rings. The lowest BCUT2D eigenvalue weighted by molar-refractivity contribution is -0.137. The summed E-state index contributed by atoms with van der Waals surface area (Å²) >= 11 is 0. The summed E-state index contributed by atoms with van der Waals surface area (Å²) in [6.45, 7) is 5.68. The lowest BCUT2D eigenvalue weighted by atomic mass is 10.2. The summed E-state index contributed by atoms with van der Waals surface area (Å²) in [5, 5.41) is 11.3. The number of hydrogen-bond donors (Lipinski definition) is 2. The molecule has 0 aliphatic rings. The molecular formula is C14H21N3O3. The predicted octanol–water partition coefficient (Wildman–Crippen LogP) is 2.08. The molecule has 0 unspecified atom stereocenters. The van der Waals surface area contributed by atoms with Crippen molar-refractivity contribution in [2.45, 2.75) is 13.8 Å². The first-order chi connectivity index (χ1) is 9.47. The Kier molecular flexibility index (Phi) is 5.83. The van der Waals surface area contributed by atoms with E-state index in [1.165, 1.54) is 7.05 Å². The minimum Gasteiger partial charge on any atom is -0.480 e. The first kappa shape index (κ1) is 15.8. The number of carbonyl (C=O) groups excluding carboxylic acids is 1. The van der Waals surface area contributed by atoms with Gasteiger partial charge in [-0.15, -0.1) is 0 Å². The van der Waals surface area contributed by atoms with Gasteiger partial charge in [-0.05, 0) is 38.1 Å². The summed E-state index contributed by atoms with van der Waals surface area (Å²) in [4.78, 5) is 25.6. The lowest BCUT2D eigenvalue weighted by Gasteiger charge is -2.21. The van der Waals surface area contributed by atoms with Crippen LogP contribution in [-0.2, 0) is 4.79 Å². The zero-order valence-electron chi connectivity index (χ0n) is 12.1. The summed E-state index contributed by atoms with van der Waals surface area (Å²) in [7, 11) is 1.44. The number of benzene rings is 1. The second kappa shape index (κ2) is 7.37. The van der Waals surface area contributed by atoms with Crippen molar-refractivity contribution in [3.05, 3.63) is 24.3 Å². The van der Waals surface area contributed by atoms with Gasteiger partial charge in [0.15, 0.2) is 0 Å². The number of hydrogen-bond acceptors (Lipinski definition) is 3. The van der Waals surface area contributed by atoms with Crippen molar-refractivity contribution in [3.8, 4) is 0 Å². The third kappa shape index (κ3) is 4.46. The van der Waals surface area contributed by atoms with E-state index in [1.807, 2.05) is 12.1 Å². The van der Waals surface area contributed by atoms with E-state index in [0.717, 1.165) is 23.7 Å². The van der Waals surface area contributed by atoms with Crippen LogP contribution in [0.2, 0.25) is 0 Å². The number of nitrogens with one attached hydrogen (secondary N) is 1. The molecule has 0 heterocycles. The maximum Gasteiger partial charge on any atom is 0.323 e. The predicted molar refractivity (Wildman–Crippen MR) is 79.3 cm³/mol. The number of nitrogens with zero attached hydrogens (tertiary/aromatic N) is 2. The normalized spacial score (nSPS) is 9.95. The van der Waals surface area contributed by atoms with Crippen molar-refractivity contribution in [1.29, 1.82) is 0 Å². The van der Waals surface area contributed by atoms with Crippen LogP contribution in [-0.4, -0.2) is 48.7 Å². The highest BCUT2D eigenvalue weighted by atomic mass is 16.4. The molecule has 0 spiro atoms. The van der Waals surface area contributed by atoms with E-state index in [9.17, 15) is 9.59 Å². The topological polar surface area (TPSA) is 72.9 Å². The number of carboxylic acids is 1. The van der Waals surface area contributed by atoms with E-state index in [4.69, 9.17) is 5.11 Å². The average Bonchev–Trinajstić information content (AvgIpc) is 2.41. The van der Waals surface area contributed by atoms with Crippen LogP contribution in [0.3, 0.4) is 0 Å². The number of urea groups is 1. The molecule has 0 radical (unpaired) electrons. The Morgan fingerprint density at radius 2 is 1.70 bits per heavy atom. The number of aliphatic carboxylic acids is 1. The van der Waals surface area contributed by atoms with Crippen LogP contribution in [0.25, 0.3) is 0 Å². The van der Waals surface area contributed by atoms with Crippen LogP contribution >= 0.6 is 0 Å².